The largest absolute Gasteiger partial charge is 0.508 e. The number of rotatable bonds is 5. The van der Waals surface area contributed by atoms with Gasteiger partial charge in [-0.2, -0.15) is 0 Å². The maximum atomic E-state index is 14.3. The van der Waals surface area contributed by atoms with Gasteiger partial charge >= 0.3 is 0 Å². The van der Waals surface area contributed by atoms with Crippen molar-refractivity contribution in [1.82, 2.24) is 5.32 Å². The minimum absolute atomic E-state index is 0.00666. The molecule has 4 N–H and O–H groups in total. The summed E-state index contributed by atoms with van der Waals surface area (Å²) in [7, 11) is 0. The number of carbonyl (C=O) groups is 2. The van der Waals surface area contributed by atoms with E-state index in [1.54, 1.807) is 6.07 Å². The van der Waals surface area contributed by atoms with Crippen LogP contribution in [0.2, 0.25) is 0 Å². The van der Waals surface area contributed by atoms with Crippen LogP contribution >= 0.6 is 0 Å². The van der Waals surface area contributed by atoms with Gasteiger partial charge in [-0.05, 0) is 121 Å². The predicted octanol–water partition coefficient (Wildman–Crippen LogP) is 6.61. The average Bonchev–Trinajstić information content (AvgIpc) is 2.96. The number of phenolic OH excluding ortho intramolecular Hbond substituents is 1. The van der Waals surface area contributed by atoms with Crippen LogP contribution in [0.3, 0.4) is 0 Å². The Morgan fingerprint density at radius 2 is 1.33 bits per heavy atom. The molecule has 2 aromatic rings. The molecule has 7 nitrogen and oxygen atoms in total. The summed E-state index contributed by atoms with van der Waals surface area (Å²) in [4.78, 5) is 32.8. The molecular formula is C35H46N2O5. The Morgan fingerprint density at radius 1 is 0.810 bits per heavy atom. The first-order valence-electron chi connectivity index (χ1n) is 15.8. The molecule has 0 bridgehead atoms. The highest BCUT2D eigenvalue weighted by molar-refractivity contribution is 6.00. The van der Waals surface area contributed by atoms with Crippen molar-refractivity contribution in [2.75, 3.05) is 12.0 Å². The molecule has 42 heavy (non-hydrogen) atoms. The summed E-state index contributed by atoms with van der Waals surface area (Å²) in [6.07, 6.45) is 8.91. The number of hydrogen-bond donors (Lipinski definition) is 4. The van der Waals surface area contributed by atoms with E-state index in [0.717, 1.165) is 69.9 Å². The third kappa shape index (κ3) is 4.38. The fourth-order valence-electron chi connectivity index (χ4n) is 10.1. The third-order valence-electron chi connectivity index (χ3n) is 12.3. The first-order chi connectivity index (χ1) is 20.0. The molecular weight excluding hydrogens is 528 g/mol. The number of imide groups is 1. The zero-order chi connectivity index (χ0) is 29.9. The number of aromatic hydroxyl groups is 1. The maximum absolute atomic E-state index is 14.3. The van der Waals surface area contributed by atoms with Crippen molar-refractivity contribution in [3.63, 3.8) is 0 Å². The summed E-state index contributed by atoms with van der Waals surface area (Å²) < 4.78 is 0. The van der Waals surface area contributed by atoms with Crippen molar-refractivity contribution in [1.29, 1.82) is 0 Å². The lowest BCUT2D eigenvalue weighted by molar-refractivity contribution is -0.235. The molecule has 4 aliphatic carbocycles. The Kier molecular flexibility index (Phi) is 7.21. The number of phenols is 1. The number of hydrogen-bond acceptors (Lipinski definition) is 6. The number of amides is 2. The highest BCUT2D eigenvalue weighted by Gasteiger charge is 2.58. The summed E-state index contributed by atoms with van der Waals surface area (Å²) in [6, 6.07) is 12.0. The van der Waals surface area contributed by atoms with Crippen molar-refractivity contribution in [3.05, 3.63) is 58.7 Å². The second-order valence-electron chi connectivity index (χ2n) is 14.5. The van der Waals surface area contributed by atoms with Gasteiger partial charge in [0, 0.05) is 5.69 Å². The minimum atomic E-state index is -0.658. The molecule has 0 spiro atoms. The molecule has 6 atom stereocenters. The standard InChI is InChI=1S/C35H46N2O5/c1-32-15-5-17-34(3,28(32)13-9-22-7-11-24(19-26(22)32)36-21-42-41)30(39)37-31(40)35(4)18-6-16-33(2)27-20-25(38)12-8-23(27)10-14-29(33)35/h7-8,11-12,19-20,28-29,36,38,41H,5-6,9-10,13-18,21H2,1-4H3,(H,37,39,40)/t28-,29-,32-,33-,34+,35+/m1/s1. The normalized spacial score (nSPS) is 35.2. The van der Waals surface area contributed by atoms with Gasteiger partial charge in [0.1, 0.15) is 5.75 Å². The molecule has 0 radical (unpaired) electrons. The average molecular weight is 575 g/mol. The van der Waals surface area contributed by atoms with Gasteiger partial charge in [-0.15, -0.1) is 0 Å². The molecule has 226 valence electrons. The highest BCUT2D eigenvalue weighted by atomic mass is 17.1. The van der Waals surface area contributed by atoms with E-state index < -0.39 is 10.8 Å². The number of benzene rings is 2. The van der Waals surface area contributed by atoms with Crippen LogP contribution in [0.1, 0.15) is 101 Å². The van der Waals surface area contributed by atoms with E-state index in [1.807, 2.05) is 18.2 Å². The van der Waals surface area contributed by atoms with Crippen LogP contribution in [-0.2, 0) is 38.1 Å². The van der Waals surface area contributed by atoms with Crippen molar-refractivity contribution < 1.29 is 24.8 Å². The molecule has 2 fully saturated rings. The first-order valence-corrected chi connectivity index (χ1v) is 15.8. The molecule has 4 aliphatic rings. The van der Waals surface area contributed by atoms with Gasteiger partial charge in [0.2, 0.25) is 11.8 Å². The smallest absolute Gasteiger partial charge is 0.232 e. The monoisotopic (exact) mass is 574 g/mol. The Labute approximate surface area is 249 Å². The van der Waals surface area contributed by atoms with E-state index in [4.69, 9.17) is 5.26 Å². The van der Waals surface area contributed by atoms with E-state index in [-0.39, 0.29) is 47.0 Å². The summed E-state index contributed by atoms with van der Waals surface area (Å²) in [5.41, 5.74) is 4.15. The van der Waals surface area contributed by atoms with Crippen molar-refractivity contribution in [2.45, 2.75) is 103 Å². The number of anilines is 1. The molecule has 0 heterocycles. The number of carbonyl (C=O) groups excluding carboxylic acids is 2. The van der Waals surface area contributed by atoms with Gasteiger partial charge < -0.3 is 10.4 Å². The molecule has 0 aliphatic heterocycles. The zero-order valence-corrected chi connectivity index (χ0v) is 25.5. The quantitative estimate of drug-likeness (QED) is 0.138. The van der Waals surface area contributed by atoms with Gasteiger partial charge in [0.05, 0.1) is 10.8 Å². The predicted molar refractivity (Wildman–Crippen MR) is 162 cm³/mol. The van der Waals surface area contributed by atoms with Gasteiger partial charge in [0.15, 0.2) is 6.73 Å². The summed E-state index contributed by atoms with van der Waals surface area (Å²) >= 11 is 0. The molecule has 0 unspecified atom stereocenters. The van der Waals surface area contributed by atoms with E-state index in [2.05, 4.69) is 55.3 Å². The van der Waals surface area contributed by atoms with Crippen LogP contribution in [0.15, 0.2) is 36.4 Å². The van der Waals surface area contributed by atoms with Crippen LogP contribution in [-0.4, -0.2) is 28.9 Å². The van der Waals surface area contributed by atoms with Gasteiger partial charge in [-0.3, -0.25) is 14.9 Å². The van der Waals surface area contributed by atoms with E-state index >= 15 is 0 Å². The molecule has 2 saturated carbocycles. The topological polar surface area (TPSA) is 108 Å². The molecule has 0 aromatic heterocycles. The van der Waals surface area contributed by atoms with Gasteiger partial charge in [0.25, 0.3) is 0 Å². The summed E-state index contributed by atoms with van der Waals surface area (Å²) in [5.74, 6) is 0.219. The lowest BCUT2D eigenvalue weighted by Crippen LogP contribution is -2.60. The van der Waals surface area contributed by atoms with Crippen molar-refractivity contribution in [2.24, 2.45) is 22.7 Å². The van der Waals surface area contributed by atoms with Crippen LogP contribution in [0.4, 0.5) is 5.69 Å². The lowest BCUT2D eigenvalue weighted by atomic mass is 9.49. The minimum Gasteiger partial charge on any atom is -0.508 e. The van der Waals surface area contributed by atoms with E-state index in [0.29, 0.717) is 0 Å². The molecule has 0 saturated heterocycles. The Bertz CT molecular complexity index is 1410. The van der Waals surface area contributed by atoms with Crippen molar-refractivity contribution >= 4 is 17.5 Å². The Morgan fingerprint density at radius 3 is 1.88 bits per heavy atom. The van der Waals surface area contributed by atoms with Crippen LogP contribution in [0, 0.1) is 22.7 Å². The van der Waals surface area contributed by atoms with E-state index in [1.165, 1.54) is 22.3 Å². The number of nitrogens with one attached hydrogen (secondary N) is 2. The molecule has 7 heteroatoms. The fourth-order valence-corrected chi connectivity index (χ4v) is 10.1. The second kappa shape index (κ2) is 10.4. The fraction of sp³-hybridized carbons (Fsp3) is 0.600. The van der Waals surface area contributed by atoms with Gasteiger partial charge in [-0.1, -0.05) is 52.7 Å². The van der Waals surface area contributed by atoms with Gasteiger partial charge in [-0.25, -0.2) is 10.1 Å². The molecule has 2 aromatic carbocycles. The lowest BCUT2D eigenvalue weighted by Gasteiger charge is -2.56. The maximum Gasteiger partial charge on any atom is 0.232 e. The van der Waals surface area contributed by atoms with Crippen LogP contribution in [0.5, 0.6) is 5.75 Å². The molecule has 6 rings (SSSR count). The molecule has 2 amide bonds. The van der Waals surface area contributed by atoms with E-state index in [9.17, 15) is 14.7 Å². The Hall–Kier alpha value is -2.90. The second-order valence-corrected chi connectivity index (χ2v) is 14.5. The SMILES string of the molecule is C[C@]1(C(=O)NC(=O)[C@@]2(C)CCC[C@]3(C)c4cc(NCOO)ccc4CC[C@@H]23)CCC[C@]2(C)c3cc(O)ccc3CC[C@@H]12. The van der Waals surface area contributed by atoms with Crippen LogP contribution < -0.4 is 10.6 Å². The summed E-state index contributed by atoms with van der Waals surface area (Å²) in [6.45, 7) is 8.70. The highest BCUT2D eigenvalue weighted by Crippen LogP contribution is 2.59. The summed E-state index contributed by atoms with van der Waals surface area (Å²) in [5, 5.41) is 25.2. The Balaban J connectivity index is 1.26. The third-order valence-corrected chi connectivity index (χ3v) is 12.3. The first kappa shape index (κ1) is 29.2. The van der Waals surface area contributed by atoms with Crippen LogP contribution in [0.25, 0.3) is 0 Å². The number of aryl methyl sites for hydroxylation is 2. The van der Waals surface area contributed by atoms with Crippen molar-refractivity contribution in [3.8, 4) is 5.75 Å². The number of fused-ring (bicyclic) bond motifs is 6. The zero-order valence-electron chi connectivity index (χ0n) is 25.5.